The third kappa shape index (κ3) is 1.99. The average molecular weight is 250 g/mol. The third-order valence-electron chi connectivity index (χ3n) is 2.45. The lowest BCUT2D eigenvalue weighted by atomic mass is 9.93. The van der Waals surface area contributed by atoms with Gasteiger partial charge >= 0.3 is 0 Å². The van der Waals surface area contributed by atoms with E-state index in [-0.39, 0.29) is 11.8 Å². The van der Waals surface area contributed by atoms with Crippen LogP contribution in [0.25, 0.3) is 0 Å². The summed E-state index contributed by atoms with van der Waals surface area (Å²) in [7, 11) is 0. The smallest absolute Gasteiger partial charge is 0.225 e. The molecule has 0 radical (unpaired) electrons. The van der Waals surface area contributed by atoms with Crippen molar-refractivity contribution in [3.63, 3.8) is 0 Å². The predicted octanol–water partition coefficient (Wildman–Crippen LogP) is 2.45. The number of allylic oxidation sites excluding steroid dienone is 1. The SMILES string of the molecule is CSC1=C(C#N)C(c2cccs2)CC(=O)N1. The van der Waals surface area contributed by atoms with Crippen molar-refractivity contribution in [3.8, 4) is 6.07 Å². The van der Waals surface area contributed by atoms with Crippen LogP contribution in [-0.4, -0.2) is 12.2 Å². The minimum Gasteiger partial charge on any atom is -0.320 e. The quantitative estimate of drug-likeness (QED) is 0.877. The molecular weight excluding hydrogens is 240 g/mol. The third-order valence-corrected chi connectivity index (χ3v) is 4.16. The van der Waals surface area contributed by atoms with Crippen LogP contribution in [0.3, 0.4) is 0 Å². The maximum Gasteiger partial charge on any atom is 0.225 e. The number of carbonyl (C=O) groups excluding carboxylic acids is 1. The van der Waals surface area contributed by atoms with E-state index in [0.717, 1.165) is 4.88 Å². The van der Waals surface area contributed by atoms with Crippen LogP contribution in [0.1, 0.15) is 17.2 Å². The molecule has 16 heavy (non-hydrogen) atoms. The van der Waals surface area contributed by atoms with E-state index in [2.05, 4.69) is 11.4 Å². The fourth-order valence-electron chi connectivity index (χ4n) is 1.71. The summed E-state index contributed by atoms with van der Waals surface area (Å²) in [6.07, 6.45) is 2.23. The first-order chi connectivity index (χ1) is 7.76. The molecule has 0 aromatic carbocycles. The molecule has 1 aromatic heterocycles. The van der Waals surface area contributed by atoms with Crippen LogP contribution < -0.4 is 5.32 Å². The topological polar surface area (TPSA) is 52.9 Å². The van der Waals surface area contributed by atoms with Crippen LogP contribution in [0.15, 0.2) is 28.1 Å². The number of amides is 1. The highest BCUT2D eigenvalue weighted by atomic mass is 32.2. The first-order valence-corrected chi connectivity index (χ1v) is 6.88. The number of thioether (sulfide) groups is 1. The normalized spacial score (nSPS) is 20.5. The van der Waals surface area contributed by atoms with Gasteiger partial charge in [-0.3, -0.25) is 4.79 Å². The highest BCUT2D eigenvalue weighted by Gasteiger charge is 2.29. The second kappa shape index (κ2) is 4.73. The first-order valence-electron chi connectivity index (χ1n) is 4.77. The highest BCUT2D eigenvalue weighted by molar-refractivity contribution is 8.02. The van der Waals surface area contributed by atoms with E-state index in [0.29, 0.717) is 17.0 Å². The van der Waals surface area contributed by atoms with Crippen LogP contribution >= 0.6 is 23.1 Å². The fourth-order valence-corrected chi connectivity index (χ4v) is 3.17. The molecule has 1 aliphatic heterocycles. The lowest BCUT2D eigenvalue weighted by Crippen LogP contribution is -2.30. The van der Waals surface area contributed by atoms with Gasteiger partial charge in [-0.1, -0.05) is 6.07 Å². The van der Waals surface area contributed by atoms with Crippen LogP contribution in [0, 0.1) is 11.3 Å². The van der Waals surface area contributed by atoms with Gasteiger partial charge in [0.25, 0.3) is 0 Å². The van der Waals surface area contributed by atoms with Gasteiger partial charge in [-0.05, 0) is 17.7 Å². The molecule has 0 saturated carbocycles. The number of rotatable bonds is 2. The number of carbonyl (C=O) groups is 1. The minimum atomic E-state index is -0.0683. The number of hydrogen-bond acceptors (Lipinski definition) is 4. The highest BCUT2D eigenvalue weighted by Crippen LogP contribution is 2.36. The lowest BCUT2D eigenvalue weighted by Gasteiger charge is -2.23. The molecule has 2 rings (SSSR count). The molecule has 0 aliphatic carbocycles. The predicted molar refractivity (Wildman–Crippen MR) is 66.0 cm³/mol. The summed E-state index contributed by atoms with van der Waals surface area (Å²) in [5, 5.41) is 14.6. The Labute approximate surface area is 102 Å². The van der Waals surface area contributed by atoms with E-state index >= 15 is 0 Å². The molecular formula is C11H10N2OS2. The van der Waals surface area contributed by atoms with Crippen LogP contribution in [-0.2, 0) is 4.79 Å². The van der Waals surface area contributed by atoms with Crippen molar-refractivity contribution in [1.82, 2.24) is 5.32 Å². The Kier molecular flexibility index (Phi) is 3.32. The molecule has 0 fully saturated rings. The summed E-state index contributed by atoms with van der Waals surface area (Å²) in [6.45, 7) is 0. The molecule has 0 saturated heterocycles. The van der Waals surface area contributed by atoms with Gasteiger partial charge in [0.2, 0.25) is 5.91 Å². The van der Waals surface area contributed by atoms with Crippen LogP contribution in [0.4, 0.5) is 0 Å². The maximum atomic E-state index is 11.5. The minimum absolute atomic E-state index is 0.0123. The van der Waals surface area contributed by atoms with Crippen LogP contribution in [0.2, 0.25) is 0 Å². The number of nitrogens with zero attached hydrogens (tertiary/aromatic N) is 1. The summed E-state index contributed by atoms with van der Waals surface area (Å²) in [4.78, 5) is 12.6. The molecule has 0 spiro atoms. The van der Waals surface area contributed by atoms with Crippen molar-refractivity contribution in [1.29, 1.82) is 5.26 Å². The second-order valence-corrected chi connectivity index (χ2v) is 5.17. The molecule has 2 heterocycles. The lowest BCUT2D eigenvalue weighted by molar-refractivity contribution is -0.120. The Morgan fingerprint density at radius 1 is 1.69 bits per heavy atom. The zero-order valence-electron chi connectivity index (χ0n) is 8.69. The first kappa shape index (κ1) is 11.2. The molecule has 3 nitrogen and oxygen atoms in total. The van der Waals surface area contributed by atoms with Gasteiger partial charge in [0.05, 0.1) is 16.7 Å². The van der Waals surface area contributed by atoms with E-state index in [1.54, 1.807) is 11.3 Å². The molecule has 82 valence electrons. The summed E-state index contributed by atoms with van der Waals surface area (Å²) in [5.74, 6) is -0.0806. The fraction of sp³-hybridized carbons (Fsp3) is 0.273. The van der Waals surface area contributed by atoms with E-state index in [1.165, 1.54) is 11.8 Å². The Morgan fingerprint density at radius 2 is 2.50 bits per heavy atom. The Hall–Kier alpha value is -1.25. The van der Waals surface area contributed by atoms with E-state index in [9.17, 15) is 10.1 Å². The molecule has 1 aliphatic rings. The Bertz CT molecular complexity index is 471. The Balaban J connectivity index is 2.44. The zero-order chi connectivity index (χ0) is 11.5. The van der Waals surface area contributed by atoms with Crippen LogP contribution in [0.5, 0.6) is 0 Å². The van der Waals surface area contributed by atoms with Crippen molar-refractivity contribution in [2.24, 2.45) is 0 Å². The standard InChI is InChI=1S/C11H10N2OS2/c1-15-11-8(6-12)7(5-10(14)13-11)9-3-2-4-16-9/h2-4,7H,5H2,1H3,(H,13,14). The molecule has 5 heteroatoms. The van der Waals surface area contributed by atoms with E-state index in [1.807, 2.05) is 23.8 Å². The van der Waals surface area contributed by atoms with Gasteiger partial charge in [-0.2, -0.15) is 5.26 Å². The number of nitrogens with one attached hydrogen (secondary N) is 1. The summed E-state index contributed by atoms with van der Waals surface area (Å²) >= 11 is 3.00. The molecule has 1 aromatic rings. The number of nitriles is 1. The number of thiophene rings is 1. The maximum absolute atomic E-state index is 11.5. The van der Waals surface area contributed by atoms with E-state index in [4.69, 9.17) is 0 Å². The summed E-state index contributed by atoms with van der Waals surface area (Å²) in [6, 6.07) is 6.13. The van der Waals surface area contributed by atoms with Gasteiger partial charge in [0.1, 0.15) is 0 Å². The molecule has 1 amide bonds. The molecule has 1 atom stereocenters. The average Bonchev–Trinajstić information content (AvgIpc) is 2.81. The van der Waals surface area contributed by atoms with Crippen molar-refractivity contribution in [2.75, 3.05) is 6.26 Å². The summed E-state index contributed by atoms with van der Waals surface area (Å²) in [5.41, 5.74) is 0.676. The monoisotopic (exact) mass is 250 g/mol. The second-order valence-electron chi connectivity index (χ2n) is 3.38. The van der Waals surface area contributed by atoms with Gasteiger partial charge in [-0.25, -0.2) is 0 Å². The van der Waals surface area contributed by atoms with Crippen molar-refractivity contribution >= 4 is 29.0 Å². The van der Waals surface area contributed by atoms with Gasteiger partial charge in [0.15, 0.2) is 0 Å². The molecule has 0 bridgehead atoms. The van der Waals surface area contributed by atoms with E-state index < -0.39 is 0 Å². The Morgan fingerprint density at radius 3 is 3.06 bits per heavy atom. The van der Waals surface area contributed by atoms with Gasteiger partial charge < -0.3 is 5.32 Å². The van der Waals surface area contributed by atoms with Crippen molar-refractivity contribution in [3.05, 3.63) is 33.0 Å². The van der Waals surface area contributed by atoms with Gasteiger partial charge in [-0.15, -0.1) is 23.1 Å². The number of hydrogen-bond donors (Lipinski definition) is 1. The molecule has 1 N–H and O–H groups in total. The molecule has 1 unspecified atom stereocenters. The zero-order valence-corrected chi connectivity index (χ0v) is 10.3. The van der Waals surface area contributed by atoms with Crippen molar-refractivity contribution < 1.29 is 4.79 Å². The van der Waals surface area contributed by atoms with Gasteiger partial charge in [0, 0.05) is 17.2 Å². The summed E-state index contributed by atoms with van der Waals surface area (Å²) < 4.78 is 0. The van der Waals surface area contributed by atoms with Crippen molar-refractivity contribution in [2.45, 2.75) is 12.3 Å². The largest absolute Gasteiger partial charge is 0.320 e.